The Hall–Kier alpha value is -2.94. The fourth-order valence-electron chi connectivity index (χ4n) is 2.00. The molecule has 0 radical (unpaired) electrons. The first kappa shape index (κ1) is 22.4. The van der Waals surface area contributed by atoms with E-state index >= 15 is 0 Å². The van der Waals surface area contributed by atoms with Crippen molar-refractivity contribution in [3.05, 3.63) is 68.8 Å². The number of benzene rings is 2. The third kappa shape index (κ3) is 6.02. The van der Waals surface area contributed by atoms with E-state index in [0.717, 1.165) is 48.5 Å². The predicted molar refractivity (Wildman–Crippen MR) is 97.1 cm³/mol. The van der Waals surface area contributed by atoms with E-state index in [1.54, 1.807) is 0 Å². The van der Waals surface area contributed by atoms with Crippen LogP contribution in [-0.2, 0) is 28.6 Å². The Labute approximate surface area is 165 Å². The molecule has 29 heavy (non-hydrogen) atoms. The Morgan fingerprint density at radius 2 is 0.966 bits per heavy atom. The van der Waals surface area contributed by atoms with Crippen molar-refractivity contribution in [2.75, 3.05) is 13.2 Å². The second kappa shape index (κ2) is 9.04. The van der Waals surface area contributed by atoms with E-state index in [4.69, 9.17) is 8.37 Å². The molecule has 0 bridgehead atoms. The maximum Gasteiger partial charge on any atom is 0.296 e. The van der Waals surface area contributed by atoms with Gasteiger partial charge in [-0.1, -0.05) is 0 Å². The average Bonchev–Trinajstić information content (AvgIpc) is 2.67. The van der Waals surface area contributed by atoms with Crippen LogP contribution < -0.4 is 0 Å². The quantitative estimate of drug-likeness (QED) is 0.227. The van der Waals surface area contributed by atoms with E-state index in [-0.39, 0.29) is 27.6 Å². The molecule has 0 aliphatic rings. The largest absolute Gasteiger partial charge is 0.296 e. The van der Waals surface area contributed by atoms with Gasteiger partial charge in [0.1, 0.15) is 0 Å². The van der Waals surface area contributed by atoms with Gasteiger partial charge in [-0.25, -0.2) is 0 Å². The minimum Gasteiger partial charge on any atom is -0.266 e. The summed E-state index contributed by atoms with van der Waals surface area (Å²) < 4.78 is 57.4. The normalized spacial score (nSPS) is 11.9. The van der Waals surface area contributed by atoms with Gasteiger partial charge in [-0.05, 0) is 30.7 Å². The number of nitrogens with zero attached hydrogens (tertiary/aromatic N) is 2. The fourth-order valence-corrected chi connectivity index (χ4v) is 3.89. The molecule has 0 N–H and O–H groups in total. The highest BCUT2D eigenvalue weighted by molar-refractivity contribution is 7.87. The molecular formula is C15H14N2O10S2. The standard InChI is InChI=1S/C15H14N2O10S2/c18-16(19)12-2-6-14(7-3-12)28(22,23)26-10-1-11-27-29(24,25)15-8-4-13(5-9-15)17(20)21/h2-9H,1,10-11H2. The first-order valence-corrected chi connectivity index (χ1v) is 10.6. The molecule has 0 spiro atoms. The Morgan fingerprint density at radius 1 is 0.655 bits per heavy atom. The lowest BCUT2D eigenvalue weighted by Crippen LogP contribution is -2.12. The summed E-state index contributed by atoms with van der Waals surface area (Å²) in [5.41, 5.74) is -0.567. The van der Waals surface area contributed by atoms with Gasteiger partial charge in [-0.2, -0.15) is 16.8 Å². The van der Waals surface area contributed by atoms with E-state index in [9.17, 15) is 37.1 Å². The molecule has 0 heterocycles. The summed E-state index contributed by atoms with van der Waals surface area (Å²) >= 11 is 0. The molecule has 0 unspecified atom stereocenters. The van der Waals surface area contributed by atoms with Crippen molar-refractivity contribution in [3.63, 3.8) is 0 Å². The molecule has 0 amide bonds. The van der Waals surface area contributed by atoms with E-state index in [1.807, 2.05) is 0 Å². The van der Waals surface area contributed by atoms with Gasteiger partial charge < -0.3 is 0 Å². The van der Waals surface area contributed by atoms with Gasteiger partial charge in [-0.3, -0.25) is 28.6 Å². The Kier molecular flexibility index (Phi) is 6.97. The second-order valence-corrected chi connectivity index (χ2v) is 8.64. The van der Waals surface area contributed by atoms with Crippen LogP contribution in [0, 0.1) is 20.2 Å². The highest BCUT2D eigenvalue weighted by Crippen LogP contribution is 2.19. The minimum absolute atomic E-state index is 0.0988. The summed E-state index contributed by atoms with van der Waals surface area (Å²) in [6.07, 6.45) is -0.0988. The van der Waals surface area contributed by atoms with Crippen molar-refractivity contribution in [1.82, 2.24) is 0 Å². The zero-order valence-corrected chi connectivity index (χ0v) is 16.2. The molecule has 2 aromatic rings. The van der Waals surface area contributed by atoms with Crippen molar-refractivity contribution in [2.45, 2.75) is 16.2 Å². The first-order valence-electron chi connectivity index (χ1n) is 7.81. The predicted octanol–water partition coefficient (Wildman–Crippen LogP) is 2.00. The molecule has 0 aliphatic carbocycles. The van der Waals surface area contributed by atoms with Crippen LogP contribution in [0.3, 0.4) is 0 Å². The van der Waals surface area contributed by atoms with Gasteiger partial charge >= 0.3 is 0 Å². The van der Waals surface area contributed by atoms with Crippen LogP contribution in [0.5, 0.6) is 0 Å². The van der Waals surface area contributed by atoms with Gasteiger partial charge in [0.05, 0.1) is 32.9 Å². The van der Waals surface area contributed by atoms with Crippen molar-refractivity contribution < 1.29 is 35.0 Å². The zero-order valence-electron chi connectivity index (χ0n) is 14.5. The maximum absolute atomic E-state index is 12.0. The highest BCUT2D eigenvalue weighted by Gasteiger charge is 2.19. The van der Waals surface area contributed by atoms with E-state index in [1.165, 1.54) is 0 Å². The van der Waals surface area contributed by atoms with Crippen LogP contribution in [-0.4, -0.2) is 39.9 Å². The summed E-state index contributed by atoms with van der Waals surface area (Å²) in [6, 6.07) is 8.11. The number of non-ortho nitro benzene ring substituents is 2. The van der Waals surface area contributed by atoms with Crippen molar-refractivity contribution in [2.24, 2.45) is 0 Å². The van der Waals surface area contributed by atoms with Crippen LogP contribution in [0.25, 0.3) is 0 Å². The first-order chi connectivity index (χ1) is 13.5. The molecule has 0 fully saturated rings. The molecule has 0 aromatic heterocycles. The Bertz CT molecular complexity index is 1010. The van der Waals surface area contributed by atoms with Crippen LogP contribution >= 0.6 is 0 Å². The number of nitro benzene ring substituents is 2. The Morgan fingerprint density at radius 3 is 1.24 bits per heavy atom. The smallest absolute Gasteiger partial charge is 0.266 e. The molecule has 2 aromatic carbocycles. The van der Waals surface area contributed by atoms with Gasteiger partial charge in [-0.15, -0.1) is 0 Å². The highest BCUT2D eigenvalue weighted by atomic mass is 32.2. The van der Waals surface area contributed by atoms with Crippen molar-refractivity contribution in [1.29, 1.82) is 0 Å². The monoisotopic (exact) mass is 446 g/mol. The number of rotatable bonds is 10. The zero-order chi connectivity index (χ0) is 21.7. The molecular weight excluding hydrogens is 432 g/mol. The van der Waals surface area contributed by atoms with Gasteiger partial charge in [0.2, 0.25) is 0 Å². The summed E-state index contributed by atoms with van der Waals surface area (Å²) in [7, 11) is -8.35. The molecule has 0 aliphatic heterocycles. The second-order valence-electron chi connectivity index (χ2n) is 5.41. The summed E-state index contributed by atoms with van der Waals surface area (Å²) in [4.78, 5) is 19.2. The van der Waals surface area contributed by atoms with Crippen LogP contribution in [0.15, 0.2) is 58.3 Å². The average molecular weight is 446 g/mol. The molecule has 2 rings (SSSR count). The molecule has 156 valence electrons. The fraction of sp³-hybridized carbons (Fsp3) is 0.200. The molecule has 12 nitrogen and oxygen atoms in total. The molecule has 0 saturated heterocycles. The van der Waals surface area contributed by atoms with Crippen molar-refractivity contribution >= 4 is 31.6 Å². The number of nitro groups is 2. The maximum atomic E-state index is 12.0. The topological polar surface area (TPSA) is 173 Å². The van der Waals surface area contributed by atoms with Crippen LogP contribution in [0.2, 0.25) is 0 Å². The lowest BCUT2D eigenvalue weighted by Gasteiger charge is -2.07. The van der Waals surface area contributed by atoms with Crippen LogP contribution in [0.1, 0.15) is 6.42 Å². The summed E-state index contributed by atoms with van der Waals surface area (Å²) in [5, 5.41) is 21.1. The number of hydrogen-bond donors (Lipinski definition) is 0. The van der Waals surface area contributed by atoms with Gasteiger partial charge in [0, 0.05) is 24.3 Å². The third-order valence-electron chi connectivity index (χ3n) is 3.44. The van der Waals surface area contributed by atoms with Gasteiger partial charge in [0.15, 0.2) is 0 Å². The molecule has 0 saturated carbocycles. The van der Waals surface area contributed by atoms with Gasteiger partial charge in [0.25, 0.3) is 31.6 Å². The SMILES string of the molecule is O=[N+]([O-])c1ccc(S(=O)(=O)OCCCOS(=O)(=O)c2ccc([N+](=O)[O-])cc2)cc1. The van der Waals surface area contributed by atoms with Crippen LogP contribution in [0.4, 0.5) is 11.4 Å². The van der Waals surface area contributed by atoms with E-state index in [2.05, 4.69) is 0 Å². The summed E-state index contributed by atoms with van der Waals surface area (Å²) in [5.74, 6) is 0. The third-order valence-corrected chi connectivity index (χ3v) is 6.09. The van der Waals surface area contributed by atoms with E-state index in [0.29, 0.717) is 0 Å². The van der Waals surface area contributed by atoms with E-state index < -0.39 is 43.3 Å². The van der Waals surface area contributed by atoms with Crippen molar-refractivity contribution in [3.8, 4) is 0 Å². The molecule has 14 heteroatoms. The Balaban J connectivity index is 1.86. The minimum atomic E-state index is -4.18. The lowest BCUT2D eigenvalue weighted by molar-refractivity contribution is -0.385. The molecule has 0 atom stereocenters. The summed E-state index contributed by atoms with van der Waals surface area (Å²) in [6.45, 7) is -0.787. The lowest BCUT2D eigenvalue weighted by atomic mass is 10.3. The number of hydrogen-bond acceptors (Lipinski definition) is 10.